The van der Waals surface area contributed by atoms with Crippen molar-refractivity contribution in [2.24, 2.45) is 0 Å². The molecule has 0 bridgehead atoms. The van der Waals surface area contributed by atoms with E-state index >= 15 is 0 Å². The zero-order chi connectivity index (χ0) is 24.4. The highest BCUT2D eigenvalue weighted by atomic mass is 32.1. The van der Waals surface area contributed by atoms with Gasteiger partial charge in [0.25, 0.3) is 5.91 Å². The Labute approximate surface area is 204 Å². The molecular weight excluding hydrogens is 448 g/mol. The molecule has 0 spiro atoms. The Bertz CT molecular complexity index is 1180. The number of likely N-dealkylation sites (N-methyl/N-ethyl adjacent to an activating group) is 1. The summed E-state index contributed by atoms with van der Waals surface area (Å²) >= 11 is 1.52. The third-order valence-corrected chi connectivity index (χ3v) is 7.47. The number of nitrogens with zero attached hydrogens (tertiary/aromatic N) is 4. The van der Waals surface area contributed by atoms with Gasteiger partial charge in [-0.05, 0) is 74.5 Å². The van der Waals surface area contributed by atoms with E-state index in [1.54, 1.807) is 29.2 Å². The van der Waals surface area contributed by atoms with Crippen molar-refractivity contribution >= 4 is 50.1 Å². The van der Waals surface area contributed by atoms with E-state index < -0.39 is 0 Å². The number of imide groups is 1. The molecule has 0 radical (unpaired) electrons. The molecule has 1 fully saturated rings. The van der Waals surface area contributed by atoms with Crippen LogP contribution in [0.25, 0.3) is 10.2 Å². The van der Waals surface area contributed by atoms with E-state index in [9.17, 15) is 14.4 Å². The molecule has 3 amide bonds. The van der Waals surface area contributed by atoms with Crippen LogP contribution in [0.1, 0.15) is 48.2 Å². The van der Waals surface area contributed by atoms with Crippen molar-refractivity contribution < 1.29 is 14.4 Å². The number of hydrogen-bond donors (Lipinski definition) is 0. The number of carbonyl (C=O) groups is 3. The fraction of sp³-hybridized carbons (Fsp3) is 0.385. The Hall–Kier alpha value is -3.10. The van der Waals surface area contributed by atoms with Crippen molar-refractivity contribution in [2.45, 2.75) is 40.5 Å². The van der Waals surface area contributed by atoms with Gasteiger partial charge >= 0.3 is 0 Å². The second kappa shape index (κ2) is 10.0. The summed E-state index contributed by atoms with van der Waals surface area (Å²) in [6, 6.07) is 10.9. The highest BCUT2D eigenvalue weighted by Crippen LogP contribution is 2.32. The molecule has 1 aromatic heterocycles. The molecular formula is C26H30N4O3S. The summed E-state index contributed by atoms with van der Waals surface area (Å²) in [5.41, 5.74) is 4.26. The normalized spacial score (nSPS) is 14.0. The van der Waals surface area contributed by atoms with E-state index in [0.717, 1.165) is 29.9 Å². The first-order valence-corrected chi connectivity index (χ1v) is 12.5. The van der Waals surface area contributed by atoms with Crippen LogP contribution in [0, 0.1) is 13.8 Å². The monoisotopic (exact) mass is 478 g/mol. The van der Waals surface area contributed by atoms with Crippen LogP contribution in [0.3, 0.4) is 0 Å². The number of aryl methyl sites for hydroxylation is 2. The minimum Gasteiger partial charge on any atom is -0.302 e. The smallest absolute Gasteiger partial charge is 0.260 e. The van der Waals surface area contributed by atoms with Gasteiger partial charge in [-0.15, -0.1) is 0 Å². The predicted octanol–water partition coefficient (Wildman–Crippen LogP) is 4.56. The van der Waals surface area contributed by atoms with Gasteiger partial charge in [0.05, 0.1) is 15.9 Å². The van der Waals surface area contributed by atoms with Crippen molar-refractivity contribution in [3.63, 3.8) is 0 Å². The molecule has 0 saturated carbocycles. The number of anilines is 2. The molecule has 2 aromatic carbocycles. The summed E-state index contributed by atoms with van der Waals surface area (Å²) in [5.74, 6) is -0.555. The van der Waals surface area contributed by atoms with E-state index in [1.165, 1.54) is 27.4 Å². The second-order valence-electron chi connectivity index (χ2n) is 8.55. The van der Waals surface area contributed by atoms with Crippen molar-refractivity contribution in [3.05, 3.63) is 53.1 Å². The number of fused-ring (bicyclic) bond motifs is 1. The van der Waals surface area contributed by atoms with Crippen LogP contribution in [0.2, 0.25) is 0 Å². The van der Waals surface area contributed by atoms with Gasteiger partial charge in [0.2, 0.25) is 11.8 Å². The fourth-order valence-electron chi connectivity index (χ4n) is 4.12. The van der Waals surface area contributed by atoms with E-state index in [-0.39, 0.29) is 30.6 Å². The van der Waals surface area contributed by atoms with Crippen molar-refractivity contribution in [1.29, 1.82) is 0 Å². The first-order chi connectivity index (χ1) is 16.3. The molecule has 178 valence electrons. The van der Waals surface area contributed by atoms with Gasteiger partial charge in [0, 0.05) is 31.5 Å². The number of thiazole rings is 1. The van der Waals surface area contributed by atoms with Gasteiger partial charge in [-0.3, -0.25) is 24.2 Å². The fourth-order valence-corrected chi connectivity index (χ4v) is 5.19. The highest BCUT2D eigenvalue weighted by Gasteiger charge is 2.30. The highest BCUT2D eigenvalue weighted by molar-refractivity contribution is 7.22. The van der Waals surface area contributed by atoms with E-state index in [2.05, 4.69) is 44.7 Å². The molecule has 34 heavy (non-hydrogen) atoms. The van der Waals surface area contributed by atoms with Crippen molar-refractivity contribution in [2.75, 3.05) is 36.0 Å². The Balaban J connectivity index is 1.65. The van der Waals surface area contributed by atoms with E-state index in [4.69, 9.17) is 4.98 Å². The maximum atomic E-state index is 13.6. The van der Waals surface area contributed by atoms with Gasteiger partial charge in [0.1, 0.15) is 0 Å². The average Bonchev–Trinajstić information content (AvgIpc) is 3.38. The summed E-state index contributed by atoms with van der Waals surface area (Å²) < 4.78 is 1.06. The molecule has 8 heteroatoms. The molecule has 0 N–H and O–H groups in total. The van der Waals surface area contributed by atoms with Crippen molar-refractivity contribution in [1.82, 2.24) is 9.88 Å². The first-order valence-electron chi connectivity index (χ1n) is 11.7. The quantitative estimate of drug-likeness (QED) is 0.444. The van der Waals surface area contributed by atoms with Crippen LogP contribution < -0.4 is 9.80 Å². The molecule has 0 atom stereocenters. The Morgan fingerprint density at radius 1 is 0.971 bits per heavy atom. The summed E-state index contributed by atoms with van der Waals surface area (Å²) in [5, 5.41) is 0.672. The largest absolute Gasteiger partial charge is 0.302 e. The molecule has 3 aromatic rings. The molecule has 0 unspecified atom stereocenters. The lowest BCUT2D eigenvalue weighted by Crippen LogP contribution is -2.39. The average molecular weight is 479 g/mol. The minimum atomic E-state index is -0.204. The van der Waals surface area contributed by atoms with Crippen LogP contribution in [0.5, 0.6) is 0 Å². The third kappa shape index (κ3) is 4.74. The first kappa shape index (κ1) is 24.0. The SMILES string of the molecule is CCN(CC)CCN(C(=O)c1ccc(N2C(=O)CCC2=O)cc1)c1nc2cc(C)c(C)cc2s1. The van der Waals surface area contributed by atoms with Gasteiger partial charge in [0.15, 0.2) is 5.13 Å². The molecule has 1 aliphatic rings. The lowest BCUT2D eigenvalue weighted by Gasteiger charge is -2.25. The minimum absolute atomic E-state index is 0.148. The third-order valence-electron chi connectivity index (χ3n) is 6.43. The molecule has 4 rings (SSSR count). The summed E-state index contributed by atoms with van der Waals surface area (Å²) in [6.45, 7) is 11.4. The summed E-state index contributed by atoms with van der Waals surface area (Å²) in [4.78, 5) is 47.8. The standard InChI is InChI=1S/C26H30N4O3S/c1-5-28(6-2)13-14-29(26-27-21-15-17(3)18(4)16-22(21)34-26)25(33)19-7-9-20(10-8-19)30-23(31)11-12-24(30)32/h7-10,15-16H,5-6,11-14H2,1-4H3. The maximum Gasteiger partial charge on any atom is 0.260 e. The van der Waals surface area contributed by atoms with Crippen LogP contribution in [0.4, 0.5) is 10.8 Å². The van der Waals surface area contributed by atoms with Gasteiger partial charge in [-0.1, -0.05) is 25.2 Å². The van der Waals surface area contributed by atoms with Gasteiger partial charge < -0.3 is 4.90 Å². The zero-order valence-corrected chi connectivity index (χ0v) is 20.9. The van der Waals surface area contributed by atoms with Crippen LogP contribution in [-0.4, -0.2) is 53.8 Å². The summed E-state index contributed by atoms with van der Waals surface area (Å²) in [7, 11) is 0. The Morgan fingerprint density at radius 3 is 2.21 bits per heavy atom. The molecule has 1 saturated heterocycles. The Morgan fingerprint density at radius 2 is 1.59 bits per heavy atom. The van der Waals surface area contributed by atoms with Crippen LogP contribution >= 0.6 is 11.3 Å². The zero-order valence-electron chi connectivity index (χ0n) is 20.1. The number of benzene rings is 2. The summed E-state index contributed by atoms with van der Waals surface area (Å²) in [6.07, 6.45) is 0.463. The number of carbonyl (C=O) groups excluding carboxylic acids is 3. The lowest BCUT2D eigenvalue weighted by atomic mass is 10.1. The molecule has 1 aliphatic heterocycles. The van der Waals surface area contributed by atoms with Gasteiger partial charge in [-0.2, -0.15) is 0 Å². The van der Waals surface area contributed by atoms with Gasteiger partial charge in [-0.25, -0.2) is 4.98 Å². The molecule has 7 nitrogen and oxygen atoms in total. The van der Waals surface area contributed by atoms with E-state index in [0.29, 0.717) is 22.9 Å². The predicted molar refractivity (Wildman–Crippen MR) is 137 cm³/mol. The number of aromatic nitrogens is 1. The number of hydrogen-bond acceptors (Lipinski definition) is 6. The second-order valence-corrected chi connectivity index (χ2v) is 9.56. The topological polar surface area (TPSA) is 73.8 Å². The molecule has 0 aliphatic carbocycles. The lowest BCUT2D eigenvalue weighted by molar-refractivity contribution is -0.121. The number of amides is 3. The van der Waals surface area contributed by atoms with E-state index in [1.807, 2.05) is 0 Å². The Kier molecular flexibility index (Phi) is 7.09. The molecule has 2 heterocycles. The van der Waals surface area contributed by atoms with Crippen LogP contribution in [-0.2, 0) is 9.59 Å². The number of rotatable bonds is 8. The van der Waals surface area contributed by atoms with Crippen LogP contribution in [0.15, 0.2) is 36.4 Å². The van der Waals surface area contributed by atoms with Crippen molar-refractivity contribution in [3.8, 4) is 0 Å². The maximum absolute atomic E-state index is 13.6.